The number of nitrogens with zero attached hydrogens (tertiary/aromatic N) is 1. The lowest BCUT2D eigenvalue weighted by molar-refractivity contribution is 0.0694. The highest BCUT2D eigenvalue weighted by molar-refractivity contribution is 7.06. The highest BCUT2D eigenvalue weighted by Gasteiger charge is 2.13. The van der Waals surface area contributed by atoms with Crippen LogP contribution in [0.25, 0.3) is 0 Å². The van der Waals surface area contributed by atoms with Gasteiger partial charge in [-0.3, -0.25) is 0 Å². The van der Waals surface area contributed by atoms with Crippen molar-refractivity contribution >= 4 is 17.5 Å². The Hall–Kier alpha value is -1.95. The van der Waals surface area contributed by atoms with Gasteiger partial charge in [-0.25, -0.2) is 9.18 Å². The van der Waals surface area contributed by atoms with Gasteiger partial charge < -0.3 is 9.84 Å². The Labute approximate surface area is 100 Å². The van der Waals surface area contributed by atoms with Gasteiger partial charge in [0.25, 0.3) is 0 Å². The fourth-order valence-corrected chi connectivity index (χ4v) is 1.88. The van der Waals surface area contributed by atoms with E-state index in [-0.39, 0.29) is 17.9 Å². The molecule has 0 aliphatic rings. The van der Waals surface area contributed by atoms with Crippen LogP contribution in [0.5, 0.6) is 5.75 Å². The molecular weight excluding hydrogens is 245 g/mol. The summed E-state index contributed by atoms with van der Waals surface area (Å²) in [7, 11) is 0. The lowest BCUT2D eigenvalue weighted by atomic mass is 10.3. The van der Waals surface area contributed by atoms with Crippen molar-refractivity contribution in [3.63, 3.8) is 0 Å². The van der Waals surface area contributed by atoms with Crippen LogP contribution in [0.1, 0.15) is 15.2 Å². The first kappa shape index (κ1) is 11.5. The topological polar surface area (TPSA) is 59.4 Å². The molecule has 88 valence electrons. The molecule has 0 saturated carbocycles. The summed E-state index contributed by atoms with van der Waals surface area (Å²) >= 11 is 1.02. The van der Waals surface area contributed by atoms with Gasteiger partial charge in [-0.2, -0.15) is 4.37 Å². The number of aromatic carboxylic acids is 1. The van der Waals surface area contributed by atoms with Crippen molar-refractivity contribution in [2.45, 2.75) is 6.61 Å². The zero-order valence-electron chi connectivity index (χ0n) is 8.59. The van der Waals surface area contributed by atoms with Crippen LogP contribution in [-0.2, 0) is 6.61 Å². The van der Waals surface area contributed by atoms with Gasteiger partial charge in [-0.15, -0.1) is 0 Å². The van der Waals surface area contributed by atoms with E-state index in [2.05, 4.69) is 4.37 Å². The minimum Gasteiger partial charge on any atom is -0.485 e. The van der Waals surface area contributed by atoms with Crippen molar-refractivity contribution in [3.05, 3.63) is 46.7 Å². The van der Waals surface area contributed by atoms with Gasteiger partial charge in [0.05, 0.1) is 16.6 Å². The number of hydrogen-bond acceptors (Lipinski definition) is 4. The molecule has 4 nitrogen and oxygen atoms in total. The predicted molar refractivity (Wildman–Crippen MR) is 59.8 cm³/mol. The quantitative estimate of drug-likeness (QED) is 0.909. The number of benzene rings is 1. The fraction of sp³-hybridized carbons (Fsp3) is 0.0909. The van der Waals surface area contributed by atoms with Gasteiger partial charge in [-0.1, -0.05) is 12.1 Å². The van der Waals surface area contributed by atoms with Crippen molar-refractivity contribution in [2.75, 3.05) is 0 Å². The molecule has 0 aliphatic heterocycles. The van der Waals surface area contributed by atoms with Crippen LogP contribution >= 0.6 is 11.5 Å². The smallest absolute Gasteiger partial charge is 0.338 e. The number of carboxylic acids is 1. The number of ether oxygens (including phenoxy) is 1. The van der Waals surface area contributed by atoms with Crippen molar-refractivity contribution in [2.24, 2.45) is 0 Å². The molecule has 0 saturated heterocycles. The number of rotatable bonds is 4. The lowest BCUT2D eigenvalue weighted by Gasteiger charge is -2.05. The summed E-state index contributed by atoms with van der Waals surface area (Å²) in [4.78, 5) is 11.3. The van der Waals surface area contributed by atoms with Gasteiger partial charge in [0, 0.05) is 0 Å². The summed E-state index contributed by atoms with van der Waals surface area (Å²) in [5.74, 6) is -1.45. The van der Waals surface area contributed by atoms with E-state index in [1.807, 2.05) is 0 Å². The van der Waals surface area contributed by atoms with E-state index in [1.165, 1.54) is 18.3 Å². The summed E-state index contributed by atoms with van der Waals surface area (Å²) < 4.78 is 22.2. The third kappa shape index (κ3) is 2.59. The third-order valence-electron chi connectivity index (χ3n) is 2.07. The molecule has 0 spiro atoms. The number of aromatic nitrogens is 1. The molecule has 0 radical (unpaired) electrons. The molecule has 6 heteroatoms. The molecule has 1 N–H and O–H groups in total. The molecule has 2 rings (SSSR count). The maximum Gasteiger partial charge on any atom is 0.338 e. The minimum atomic E-state index is -1.06. The van der Waals surface area contributed by atoms with Crippen LogP contribution < -0.4 is 4.74 Å². The van der Waals surface area contributed by atoms with Crippen LogP contribution in [0.3, 0.4) is 0 Å². The van der Waals surface area contributed by atoms with Crippen LogP contribution in [-0.4, -0.2) is 15.4 Å². The lowest BCUT2D eigenvalue weighted by Crippen LogP contribution is -2.02. The van der Waals surface area contributed by atoms with Crippen molar-refractivity contribution in [1.82, 2.24) is 4.37 Å². The van der Waals surface area contributed by atoms with Gasteiger partial charge >= 0.3 is 5.97 Å². The molecule has 1 aromatic carbocycles. The third-order valence-corrected chi connectivity index (χ3v) is 2.84. The van der Waals surface area contributed by atoms with Gasteiger partial charge in [0.2, 0.25) is 0 Å². The first-order chi connectivity index (χ1) is 8.18. The maximum absolute atomic E-state index is 13.2. The zero-order chi connectivity index (χ0) is 12.3. The van der Waals surface area contributed by atoms with Crippen molar-refractivity contribution < 1.29 is 19.0 Å². The number of hydrogen-bond donors (Lipinski definition) is 1. The predicted octanol–water partition coefficient (Wildman–Crippen LogP) is 2.56. The highest BCUT2D eigenvalue weighted by atomic mass is 32.1. The first-order valence-corrected chi connectivity index (χ1v) is 5.50. The Morgan fingerprint density at radius 3 is 2.94 bits per heavy atom. The molecule has 0 fully saturated rings. The summed E-state index contributed by atoms with van der Waals surface area (Å²) in [5, 5.41) is 8.84. The molecular formula is C11H8FNO3S. The average Bonchev–Trinajstić information content (AvgIpc) is 2.76. The fourth-order valence-electron chi connectivity index (χ4n) is 1.25. The van der Waals surface area contributed by atoms with E-state index in [4.69, 9.17) is 9.84 Å². The van der Waals surface area contributed by atoms with E-state index in [1.54, 1.807) is 12.1 Å². The van der Waals surface area contributed by atoms with Crippen LogP contribution in [0.15, 0.2) is 30.5 Å². The van der Waals surface area contributed by atoms with Crippen molar-refractivity contribution in [3.8, 4) is 5.75 Å². The van der Waals surface area contributed by atoms with E-state index in [0.717, 1.165) is 11.5 Å². The van der Waals surface area contributed by atoms with Crippen molar-refractivity contribution in [1.29, 1.82) is 0 Å². The monoisotopic (exact) mass is 253 g/mol. The number of para-hydroxylation sites is 1. The van der Waals surface area contributed by atoms with Crippen LogP contribution in [0, 0.1) is 5.82 Å². The molecule has 2 aromatic rings. The Bertz CT molecular complexity index is 541. The van der Waals surface area contributed by atoms with E-state index < -0.39 is 11.8 Å². The first-order valence-electron chi connectivity index (χ1n) is 4.72. The number of halogens is 1. The summed E-state index contributed by atoms with van der Waals surface area (Å²) in [6.45, 7) is -0.00671. The summed E-state index contributed by atoms with van der Waals surface area (Å²) in [5.41, 5.74) is 0.0892. The molecule has 0 aliphatic carbocycles. The van der Waals surface area contributed by atoms with E-state index in [9.17, 15) is 9.18 Å². The van der Waals surface area contributed by atoms with E-state index >= 15 is 0 Å². The van der Waals surface area contributed by atoms with Crippen LogP contribution in [0.4, 0.5) is 4.39 Å². The minimum absolute atomic E-state index is 0.00671. The van der Waals surface area contributed by atoms with Gasteiger partial charge in [-0.05, 0) is 23.7 Å². The second-order valence-electron chi connectivity index (χ2n) is 3.19. The molecule has 0 bridgehead atoms. The van der Waals surface area contributed by atoms with Crippen LogP contribution in [0.2, 0.25) is 0 Å². The van der Waals surface area contributed by atoms with Gasteiger partial charge in [0.15, 0.2) is 11.6 Å². The second kappa shape index (κ2) is 4.92. The summed E-state index contributed by atoms with van der Waals surface area (Å²) in [6, 6.07) is 5.96. The number of carbonyl (C=O) groups is 1. The Morgan fingerprint density at radius 1 is 1.47 bits per heavy atom. The Balaban J connectivity index is 2.10. The molecule has 17 heavy (non-hydrogen) atoms. The van der Waals surface area contributed by atoms with Gasteiger partial charge in [0.1, 0.15) is 6.61 Å². The molecule has 0 amide bonds. The number of carboxylic acid groups (broad SMARTS) is 1. The maximum atomic E-state index is 13.2. The molecule has 0 atom stereocenters. The molecule has 0 unspecified atom stereocenters. The Kier molecular flexibility index (Phi) is 3.34. The second-order valence-corrected chi connectivity index (χ2v) is 4.07. The van der Waals surface area contributed by atoms with E-state index in [0.29, 0.717) is 4.88 Å². The zero-order valence-corrected chi connectivity index (χ0v) is 9.41. The summed E-state index contributed by atoms with van der Waals surface area (Å²) in [6.07, 6.45) is 1.26. The standard InChI is InChI=1S/C11H8FNO3S/c12-8-3-1-2-4-9(8)16-6-10-7(11(14)15)5-13-17-10/h1-5H,6H2,(H,14,15). The molecule has 1 aromatic heterocycles. The normalized spacial score (nSPS) is 10.2. The Morgan fingerprint density at radius 2 is 2.24 bits per heavy atom. The highest BCUT2D eigenvalue weighted by Crippen LogP contribution is 2.20. The largest absolute Gasteiger partial charge is 0.485 e. The SMILES string of the molecule is O=C(O)c1cnsc1COc1ccccc1F. The molecule has 1 heterocycles. The average molecular weight is 253 g/mol.